The molecule has 0 aliphatic heterocycles. The molecule has 4 nitrogen and oxygen atoms in total. The number of nitrogens with one attached hydrogen (secondary N) is 2. The molecule has 0 spiro atoms. The van der Waals surface area contributed by atoms with E-state index in [4.69, 9.17) is 0 Å². The van der Waals surface area contributed by atoms with Crippen LogP contribution in [0.4, 0.5) is 10.5 Å². The zero-order chi connectivity index (χ0) is 12.0. The summed E-state index contributed by atoms with van der Waals surface area (Å²) in [4.78, 5) is 11.4. The molecule has 86 valence electrons. The normalized spacial score (nSPS) is 10.4. The first-order valence-corrected chi connectivity index (χ1v) is 5.15. The molecular formula is C12H16N2O2. The van der Waals surface area contributed by atoms with Gasteiger partial charge in [0.2, 0.25) is 0 Å². The summed E-state index contributed by atoms with van der Waals surface area (Å²) in [5, 5.41) is 14.5. The highest BCUT2D eigenvalue weighted by molar-refractivity contribution is 5.90. The molecule has 0 unspecified atom stereocenters. The SMILES string of the molecule is CC/C=C/NC(=O)Nc1ccc(O)cc1C. The molecule has 0 radical (unpaired) electrons. The number of phenolic OH excluding ortho intramolecular Hbond substituents is 1. The van der Waals surface area contributed by atoms with Crippen LogP contribution in [0.3, 0.4) is 0 Å². The number of urea groups is 1. The molecular weight excluding hydrogens is 204 g/mol. The third-order valence-electron chi connectivity index (χ3n) is 2.03. The molecule has 16 heavy (non-hydrogen) atoms. The fourth-order valence-corrected chi connectivity index (χ4v) is 1.20. The van der Waals surface area contributed by atoms with Gasteiger partial charge in [-0.2, -0.15) is 0 Å². The maximum atomic E-state index is 11.4. The van der Waals surface area contributed by atoms with Crippen molar-refractivity contribution in [3.63, 3.8) is 0 Å². The molecule has 0 bridgehead atoms. The van der Waals surface area contributed by atoms with Gasteiger partial charge in [0.15, 0.2) is 0 Å². The quantitative estimate of drug-likeness (QED) is 0.686. The van der Waals surface area contributed by atoms with E-state index in [0.717, 1.165) is 12.0 Å². The van der Waals surface area contributed by atoms with Crippen LogP contribution >= 0.6 is 0 Å². The van der Waals surface area contributed by atoms with E-state index < -0.39 is 0 Å². The third kappa shape index (κ3) is 3.65. The summed E-state index contributed by atoms with van der Waals surface area (Å²) in [5.74, 6) is 0.189. The first kappa shape index (κ1) is 12.1. The first-order chi connectivity index (χ1) is 7.63. The minimum absolute atomic E-state index is 0.189. The van der Waals surface area contributed by atoms with Crippen LogP contribution in [0.1, 0.15) is 18.9 Å². The van der Waals surface area contributed by atoms with E-state index in [1.165, 1.54) is 6.07 Å². The number of rotatable bonds is 3. The van der Waals surface area contributed by atoms with Gasteiger partial charge in [-0.15, -0.1) is 0 Å². The molecule has 4 heteroatoms. The number of phenols is 1. The van der Waals surface area contributed by atoms with Crippen molar-refractivity contribution in [2.75, 3.05) is 5.32 Å². The Hall–Kier alpha value is -1.97. The number of hydrogen-bond donors (Lipinski definition) is 3. The van der Waals surface area contributed by atoms with E-state index in [9.17, 15) is 9.90 Å². The predicted octanol–water partition coefficient (Wildman–Crippen LogP) is 2.75. The van der Waals surface area contributed by atoms with E-state index in [1.54, 1.807) is 18.3 Å². The molecule has 0 aliphatic carbocycles. The highest BCUT2D eigenvalue weighted by Gasteiger charge is 2.02. The second kappa shape index (κ2) is 5.80. The Balaban J connectivity index is 2.59. The number of hydrogen-bond acceptors (Lipinski definition) is 2. The maximum absolute atomic E-state index is 11.4. The zero-order valence-corrected chi connectivity index (χ0v) is 9.45. The van der Waals surface area contributed by atoms with Crippen LogP contribution in [0.25, 0.3) is 0 Å². The van der Waals surface area contributed by atoms with Crippen molar-refractivity contribution < 1.29 is 9.90 Å². The molecule has 2 amide bonds. The molecule has 0 aliphatic rings. The van der Waals surface area contributed by atoms with Crippen molar-refractivity contribution in [3.8, 4) is 5.75 Å². The van der Waals surface area contributed by atoms with Crippen molar-refractivity contribution in [2.24, 2.45) is 0 Å². The van der Waals surface area contributed by atoms with Gasteiger partial charge in [0.1, 0.15) is 5.75 Å². The van der Waals surface area contributed by atoms with E-state index in [2.05, 4.69) is 10.6 Å². The molecule has 1 aromatic carbocycles. The van der Waals surface area contributed by atoms with Gasteiger partial charge in [-0.25, -0.2) is 4.79 Å². The lowest BCUT2D eigenvalue weighted by atomic mass is 10.2. The van der Waals surface area contributed by atoms with Crippen LogP contribution in [0.2, 0.25) is 0 Å². The predicted molar refractivity (Wildman–Crippen MR) is 64.4 cm³/mol. The number of anilines is 1. The van der Waals surface area contributed by atoms with Crippen molar-refractivity contribution in [1.29, 1.82) is 0 Å². The van der Waals surface area contributed by atoms with Gasteiger partial charge in [0, 0.05) is 11.9 Å². The topological polar surface area (TPSA) is 61.4 Å². The average Bonchev–Trinajstić information content (AvgIpc) is 2.23. The standard InChI is InChI=1S/C12H16N2O2/c1-3-4-7-13-12(16)14-11-6-5-10(15)8-9(11)2/h4-8,15H,3H2,1-2H3,(H2,13,14,16)/b7-4+. The summed E-state index contributed by atoms with van der Waals surface area (Å²) in [6, 6.07) is 4.49. The van der Waals surface area contributed by atoms with Gasteiger partial charge in [-0.1, -0.05) is 13.0 Å². The van der Waals surface area contributed by atoms with Crippen LogP contribution < -0.4 is 10.6 Å². The largest absolute Gasteiger partial charge is 0.508 e. The monoisotopic (exact) mass is 220 g/mol. The summed E-state index contributed by atoms with van der Waals surface area (Å²) in [6.45, 7) is 3.80. The minimum Gasteiger partial charge on any atom is -0.508 e. The number of carbonyl (C=O) groups excluding carboxylic acids is 1. The number of carbonyl (C=O) groups is 1. The van der Waals surface area contributed by atoms with Gasteiger partial charge < -0.3 is 15.7 Å². The Labute approximate surface area is 95.0 Å². The Morgan fingerprint density at radius 1 is 1.50 bits per heavy atom. The van der Waals surface area contributed by atoms with Gasteiger partial charge in [-0.05, 0) is 37.1 Å². The van der Waals surface area contributed by atoms with Crippen molar-refractivity contribution in [3.05, 3.63) is 36.0 Å². The van der Waals surface area contributed by atoms with Crippen LogP contribution in [-0.2, 0) is 0 Å². The molecule has 1 aromatic rings. The number of amides is 2. The molecule has 3 N–H and O–H groups in total. The van der Waals surface area contributed by atoms with Gasteiger partial charge >= 0.3 is 6.03 Å². The summed E-state index contributed by atoms with van der Waals surface area (Å²) in [5.41, 5.74) is 1.50. The average molecular weight is 220 g/mol. The Bertz CT molecular complexity index is 400. The van der Waals surface area contributed by atoms with Crippen LogP contribution in [0.5, 0.6) is 5.75 Å². The molecule has 0 saturated heterocycles. The molecule has 0 fully saturated rings. The van der Waals surface area contributed by atoms with Crippen molar-refractivity contribution in [1.82, 2.24) is 5.32 Å². The third-order valence-corrected chi connectivity index (χ3v) is 2.03. The molecule has 0 heterocycles. The van der Waals surface area contributed by atoms with Crippen molar-refractivity contribution in [2.45, 2.75) is 20.3 Å². The Morgan fingerprint density at radius 2 is 2.25 bits per heavy atom. The summed E-state index contributed by atoms with van der Waals surface area (Å²) >= 11 is 0. The number of aryl methyl sites for hydroxylation is 1. The molecule has 0 aromatic heterocycles. The summed E-state index contributed by atoms with van der Waals surface area (Å²) in [6.07, 6.45) is 4.33. The van der Waals surface area contributed by atoms with E-state index in [1.807, 2.05) is 19.9 Å². The van der Waals surface area contributed by atoms with Gasteiger partial charge in [-0.3, -0.25) is 0 Å². The van der Waals surface area contributed by atoms with Crippen LogP contribution in [0, 0.1) is 6.92 Å². The van der Waals surface area contributed by atoms with E-state index in [-0.39, 0.29) is 11.8 Å². The first-order valence-electron chi connectivity index (χ1n) is 5.15. The summed E-state index contributed by atoms with van der Waals surface area (Å²) < 4.78 is 0. The second-order valence-electron chi connectivity index (χ2n) is 3.41. The van der Waals surface area contributed by atoms with E-state index in [0.29, 0.717) is 5.69 Å². The number of aromatic hydroxyl groups is 1. The fraction of sp³-hybridized carbons (Fsp3) is 0.250. The molecule has 1 rings (SSSR count). The number of allylic oxidation sites excluding steroid dienone is 1. The minimum atomic E-state index is -0.293. The van der Waals surface area contributed by atoms with Gasteiger partial charge in [0.05, 0.1) is 0 Å². The van der Waals surface area contributed by atoms with Crippen LogP contribution in [0.15, 0.2) is 30.5 Å². The van der Waals surface area contributed by atoms with Crippen LogP contribution in [-0.4, -0.2) is 11.1 Å². The zero-order valence-electron chi connectivity index (χ0n) is 9.45. The lowest BCUT2D eigenvalue weighted by Crippen LogP contribution is -2.24. The van der Waals surface area contributed by atoms with E-state index >= 15 is 0 Å². The number of benzene rings is 1. The second-order valence-corrected chi connectivity index (χ2v) is 3.41. The smallest absolute Gasteiger partial charge is 0.323 e. The highest BCUT2D eigenvalue weighted by Crippen LogP contribution is 2.19. The summed E-state index contributed by atoms with van der Waals surface area (Å²) in [7, 11) is 0. The highest BCUT2D eigenvalue weighted by atomic mass is 16.3. The van der Waals surface area contributed by atoms with Crippen molar-refractivity contribution >= 4 is 11.7 Å². The maximum Gasteiger partial charge on any atom is 0.323 e. The molecule has 0 saturated carbocycles. The molecule has 0 atom stereocenters. The fourth-order valence-electron chi connectivity index (χ4n) is 1.20. The van der Waals surface area contributed by atoms with Gasteiger partial charge in [0.25, 0.3) is 0 Å². The lowest BCUT2D eigenvalue weighted by molar-refractivity contribution is 0.255. The Kier molecular flexibility index (Phi) is 4.39. The Morgan fingerprint density at radius 3 is 2.88 bits per heavy atom. The lowest BCUT2D eigenvalue weighted by Gasteiger charge is -2.07.